The van der Waals surface area contributed by atoms with Crippen molar-refractivity contribution in [1.82, 2.24) is 0 Å². The summed E-state index contributed by atoms with van der Waals surface area (Å²) in [5.74, 6) is -1.36. The third kappa shape index (κ3) is 70.5. The van der Waals surface area contributed by atoms with Crippen molar-refractivity contribution in [1.29, 1.82) is 0 Å². The normalized spacial score (nSPS) is 13.9. The van der Waals surface area contributed by atoms with Crippen molar-refractivity contribution in [3.63, 3.8) is 0 Å². The van der Waals surface area contributed by atoms with Gasteiger partial charge in [0.25, 0.3) is 0 Å². The Morgan fingerprint density at radius 1 is 0.281 bits per heavy atom. The van der Waals surface area contributed by atoms with Crippen molar-refractivity contribution in [2.75, 3.05) is 39.6 Å². The summed E-state index contributed by atoms with van der Waals surface area (Å²) in [5, 5.41) is 10.6. The first-order chi connectivity index (χ1) is 46.5. The van der Waals surface area contributed by atoms with Gasteiger partial charge in [-0.25, -0.2) is 9.13 Å². The van der Waals surface area contributed by atoms with Crippen LogP contribution in [0.15, 0.2) is 0 Å². The van der Waals surface area contributed by atoms with E-state index in [0.29, 0.717) is 25.7 Å². The molecular formula is C77H150O17P2. The molecule has 0 aromatic heterocycles. The molecule has 0 aromatic carbocycles. The van der Waals surface area contributed by atoms with Crippen molar-refractivity contribution in [2.45, 2.75) is 425 Å². The predicted octanol–water partition coefficient (Wildman–Crippen LogP) is 22.9. The van der Waals surface area contributed by atoms with E-state index >= 15 is 0 Å². The van der Waals surface area contributed by atoms with Crippen molar-refractivity contribution in [3.8, 4) is 0 Å². The van der Waals surface area contributed by atoms with Crippen LogP contribution in [0.1, 0.15) is 407 Å². The highest BCUT2D eigenvalue weighted by Crippen LogP contribution is 2.45. The first-order valence-corrected chi connectivity index (χ1v) is 43.1. The van der Waals surface area contributed by atoms with Gasteiger partial charge in [-0.15, -0.1) is 0 Å². The van der Waals surface area contributed by atoms with Gasteiger partial charge in [0, 0.05) is 25.7 Å². The van der Waals surface area contributed by atoms with Gasteiger partial charge in [-0.3, -0.25) is 37.3 Å². The van der Waals surface area contributed by atoms with Crippen molar-refractivity contribution < 1.29 is 80.2 Å². The number of aliphatic hydroxyl groups is 1. The number of hydrogen-bond acceptors (Lipinski definition) is 15. The molecule has 0 radical (unpaired) electrons. The number of phosphoric acid groups is 2. The van der Waals surface area contributed by atoms with E-state index in [2.05, 4.69) is 34.6 Å². The molecule has 0 spiro atoms. The Hall–Kier alpha value is -1.94. The summed E-state index contributed by atoms with van der Waals surface area (Å²) in [5.41, 5.74) is 0. The van der Waals surface area contributed by atoms with Gasteiger partial charge in [-0.1, -0.05) is 356 Å². The Kier molecular flexibility index (Phi) is 68.7. The molecule has 0 aromatic rings. The molecule has 2 unspecified atom stereocenters. The zero-order chi connectivity index (χ0) is 70.5. The molecule has 570 valence electrons. The molecule has 19 heteroatoms. The smallest absolute Gasteiger partial charge is 0.462 e. The summed E-state index contributed by atoms with van der Waals surface area (Å²) in [7, 11) is -9.90. The fourth-order valence-electron chi connectivity index (χ4n) is 11.9. The number of carbonyl (C=O) groups excluding carboxylic acids is 4. The quantitative estimate of drug-likeness (QED) is 0.0222. The first kappa shape index (κ1) is 94.1. The van der Waals surface area contributed by atoms with E-state index < -0.39 is 97.5 Å². The molecule has 0 fully saturated rings. The van der Waals surface area contributed by atoms with Gasteiger partial charge in [-0.05, 0) is 31.6 Å². The lowest BCUT2D eigenvalue weighted by atomic mass is 10.0. The minimum atomic E-state index is -4.96. The molecule has 3 N–H and O–H groups in total. The molecule has 0 aliphatic heterocycles. The second-order valence-corrected chi connectivity index (χ2v) is 31.1. The van der Waals surface area contributed by atoms with E-state index in [-0.39, 0.29) is 25.7 Å². The summed E-state index contributed by atoms with van der Waals surface area (Å²) >= 11 is 0. The largest absolute Gasteiger partial charge is 0.472 e. The minimum absolute atomic E-state index is 0.106. The Labute approximate surface area is 588 Å². The van der Waals surface area contributed by atoms with Gasteiger partial charge in [0.15, 0.2) is 12.2 Å². The summed E-state index contributed by atoms with van der Waals surface area (Å²) < 4.78 is 68.3. The lowest BCUT2D eigenvalue weighted by Crippen LogP contribution is -2.30. The number of hydrogen-bond donors (Lipinski definition) is 3. The van der Waals surface area contributed by atoms with Crippen LogP contribution in [0.3, 0.4) is 0 Å². The lowest BCUT2D eigenvalue weighted by Gasteiger charge is -2.21. The van der Waals surface area contributed by atoms with E-state index in [1.54, 1.807) is 0 Å². The maximum absolute atomic E-state index is 13.1. The molecule has 96 heavy (non-hydrogen) atoms. The highest BCUT2D eigenvalue weighted by molar-refractivity contribution is 7.47. The fourth-order valence-corrected chi connectivity index (χ4v) is 13.5. The molecule has 0 bridgehead atoms. The fraction of sp³-hybridized carbons (Fsp3) is 0.948. The standard InChI is InChI=1S/C77H150O17P2/c1-6-9-12-15-17-19-21-23-25-27-28-29-31-33-35-39-43-47-52-57-62-77(82)94-73(67-88-75(80)61-56-51-46-42-38-34-32-30-26-24-22-20-18-16-13-10-7-2)69-92-96(85,86)90-65-71(78)64-89-95(83,84)91-68-72(66-87-74(79)60-55-49-14-11-8-3)93-76(81)63-58-53-48-44-40-36-37-41-45-50-54-59-70(4)5/h70-73,78H,6-69H2,1-5H3,(H,83,84)(H,85,86)/t71-,72+,73+/m0/s1. The topological polar surface area (TPSA) is 237 Å². The van der Waals surface area contributed by atoms with E-state index in [1.165, 1.54) is 225 Å². The Morgan fingerprint density at radius 2 is 0.479 bits per heavy atom. The molecule has 5 atom stereocenters. The Balaban J connectivity index is 5.13. The zero-order valence-electron chi connectivity index (χ0n) is 62.5. The number of phosphoric ester groups is 2. The van der Waals surface area contributed by atoms with Gasteiger partial charge in [0.05, 0.1) is 26.4 Å². The average molecular weight is 1410 g/mol. The highest BCUT2D eigenvalue weighted by Gasteiger charge is 2.30. The highest BCUT2D eigenvalue weighted by atomic mass is 31.2. The maximum atomic E-state index is 13.1. The molecule has 0 aliphatic rings. The third-order valence-corrected chi connectivity index (χ3v) is 19.9. The molecule has 0 saturated heterocycles. The number of ether oxygens (including phenoxy) is 4. The van der Waals surface area contributed by atoms with Crippen LogP contribution in [-0.2, 0) is 65.4 Å². The Morgan fingerprint density at radius 3 is 0.708 bits per heavy atom. The number of unbranched alkanes of at least 4 members (excludes halogenated alkanes) is 49. The molecule has 0 amide bonds. The van der Waals surface area contributed by atoms with Crippen LogP contribution >= 0.6 is 15.6 Å². The summed E-state index contributed by atoms with van der Waals surface area (Å²) in [4.78, 5) is 72.6. The number of aliphatic hydroxyl groups excluding tert-OH is 1. The van der Waals surface area contributed by atoms with E-state index in [9.17, 15) is 43.2 Å². The van der Waals surface area contributed by atoms with Gasteiger partial charge < -0.3 is 33.8 Å². The second-order valence-electron chi connectivity index (χ2n) is 28.2. The second kappa shape index (κ2) is 70.1. The molecule has 0 aliphatic carbocycles. The molecule has 0 saturated carbocycles. The lowest BCUT2D eigenvalue weighted by molar-refractivity contribution is -0.161. The van der Waals surface area contributed by atoms with Crippen molar-refractivity contribution in [3.05, 3.63) is 0 Å². The predicted molar refractivity (Wildman–Crippen MR) is 391 cm³/mol. The molecular weight excluding hydrogens is 1260 g/mol. The van der Waals surface area contributed by atoms with Crippen LogP contribution in [0.2, 0.25) is 0 Å². The zero-order valence-corrected chi connectivity index (χ0v) is 64.3. The van der Waals surface area contributed by atoms with Crippen LogP contribution in [0.25, 0.3) is 0 Å². The number of rotatable bonds is 77. The Bertz CT molecular complexity index is 1840. The monoisotopic (exact) mass is 1410 g/mol. The van der Waals surface area contributed by atoms with Crippen LogP contribution in [0, 0.1) is 5.92 Å². The minimum Gasteiger partial charge on any atom is -0.462 e. The SMILES string of the molecule is CCCCCCCCCCCCCCCCCCCCCCC(=O)O[C@H](COC(=O)CCCCCCCCCCCCCCCCCCC)COP(=O)(O)OC[C@@H](O)COP(=O)(O)OC[C@@H](COC(=O)CCCCCCC)OC(=O)CCCCCCCCCCCCCC(C)C. The number of esters is 4. The summed E-state index contributed by atoms with van der Waals surface area (Å²) in [6.07, 6.45) is 60.2. The van der Waals surface area contributed by atoms with Crippen LogP contribution in [0.5, 0.6) is 0 Å². The molecule has 0 rings (SSSR count). The summed E-state index contributed by atoms with van der Waals surface area (Å²) in [6.45, 7) is 7.21. The summed E-state index contributed by atoms with van der Waals surface area (Å²) in [6, 6.07) is 0. The van der Waals surface area contributed by atoms with Crippen LogP contribution in [-0.4, -0.2) is 96.7 Å². The average Bonchev–Trinajstić information content (AvgIpc) is 1.56. The van der Waals surface area contributed by atoms with Crippen LogP contribution < -0.4 is 0 Å². The van der Waals surface area contributed by atoms with Gasteiger partial charge >= 0.3 is 39.5 Å². The van der Waals surface area contributed by atoms with Gasteiger partial charge in [-0.2, -0.15) is 0 Å². The first-order valence-electron chi connectivity index (χ1n) is 40.1. The molecule has 0 heterocycles. The molecule has 17 nitrogen and oxygen atoms in total. The van der Waals surface area contributed by atoms with Gasteiger partial charge in [0.2, 0.25) is 0 Å². The van der Waals surface area contributed by atoms with E-state index in [4.69, 9.17) is 37.0 Å². The number of carbonyl (C=O) groups is 4. The maximum Gasteiger partial charge on any atom is 0.472 e. The van der Waals surface area contributed by atoms with Crippen LogP contribution in [0.4, 0.5) is 0 Å². The van der Waals surface area contributed by atoms with E-state index in [0.717, 1.165) is 102 Å². The van der Waals surface area contributed by atoms with Crippen molar-refractivity contribution >= 4 is 39.5 Å². The van der Waals surface area contributed by atoms with Crippen molar-refractivity contribution in [2.24, 2.45) is 5.92 Å². The van der Waals surface area contributed by atoms with E-state index in [1.807, 2.05) is 0 Å². The third-order valence-electron chi connectivity index (χ3n) is 18.0. The van der Waals surface area contributed by atoms with Gasteiger partial charge in [0.1, 0.15) is 19.3 Å².